The van der Waals surface area contributed by atoms with Gasteiger partial charge >= 0.3 is 0 Å². The second-order valence-corrected chi connectivity index (χ2v) is 13.4. The molecule has 9 aromatic rings. The molecule has 0 radical (unpaired) electrons. The highest BCUT2D eigenvalue weighted by molar-refractivity contribution is 6.14. The zero-order chi connectivity index (χ0) is 31.3. The third kappa shape index (κ3) is 3.67. The maximum Gasteiger partial charge on any atom is 0.0544 e. The molecule has 0 aliphatic heterocycles. The first-order valence-corrected chi connectivity index (χ1v) is 16.4. The molecule has 0 fully saturated rings. The Labute approximate surface area is 273 Å². The summed E-state index contributed by atoms with van der Waals surface area (Å²) in [5, 5.41) is 5.08. The van der Waals surface area contributed by atoms with E-state index in [1.54, 1.807) is 0 Å². The number of aromatic nitrogens is 2. The van der Waals surface area contributed by atoms with Crippen LogP contribution in [-0.2, 0) is 5.41 Å². The standard InChI is InChI=1S/C45H32N2/c1-45(2)39-19-11-9-17-33(39)35-27-38-34-18-10-12-20-41(34)47(44(38)28-40(35)45)32-22-24-43-37(26-32)36-25-30(29-13-5-3-6-14-29)21-23-42(36)46(43)31-15-7-4-8-16-31/h3-28H,1-2H3. The summed E-state index contributed by atoms with van der Waals surface area (Å²) >= 11 is 0. The van der Waals surface area contributed by atoms with Gasteiger partial charge in [0.1, 0.15) is 0 Å². The topological polar surface area (TPSA) is 9.86 Å². The molecule has 0 spiro atoms. The molecule has 222 valence electrons. The summed E-state index contributed by atoms with van der Waals surface area (Å²) in [5.41, 5.74) is 15.1. The van der Waals surface area contributed by atoms with Gasteiger partial charge in [0.25, 0.3) is 0 Å². The van der Waals surface area contributed by atoms with E-state index in [1.165, 1.54) is 88.4 Å². The van der Waals surface area contributed by atoms with E-state index in [0.29, 0.717) is 0 Å². The zero-order valence-electron chi connectivity index (χ0n) is 26.4. The van der Waals surface area contributed by atoms with Crippen LogP contribution in [0.3, 0.4) is 0 Å². The van der Waals surface area contributed by atoms with E-state index in [4.69, 9.17) is 0 Å². The van der Waals surface area contributed by atoms with Gasteiger partial charge in [0.15, 0.2) is 0 Å². The van der Waals surface area contributed by atoms with Crippen molar-refractivity contribution >= 4 is 43.6 Å². The molecule has 0 bridgehead atoms. The molecule has 2 heteroatoms. The van der Waals surface area contributed by atoms with E-state index in [0.717, 1.165) is 0 Å². The summed E-state index contributed by atoms with van der Waals surface area (Å²) in [4.78, 5) is 0. The van der Waals surface area contributed by atoms with Crippen molar-refractivity contribution < 1.29 is 0 Å². The molecule has 0 N–H and O–H groups in total. The molecular weight excluding hydrogens is 569 g/mol. The molecule has 2 aromatic heterocycles. The number of benzene rings is 7. The van der Waals surface area contributed by atoms with Crippen molar-refractivity contribution in [3.63, 3.8) is 0 Å². The van der Waals surface area contributed by atoms with Gasteiger partial charge in [0.05, 0.1) is 22.1 Å². The molecule has 1 aliphatic rings. The maximum absolute atomic E-state index is 2.48. The molecule has 1 aliphatic carbocycles. The number of rotatable bonds is 3. The summed E-state index contributed by atoms with van der Waals surface area (Å²) in [7, 11) is 0. The second-order valence-electron chi connectivity index (χ2n) is 13.4. The van der Waals surface area contributed by atoms with Crippen LogP contribution in [0.15, 0.2) is 158 Å². The Hall–Kier alpha value is -5.86. The lowest BCUT2D eigenvalue weighted by atomic mass is 9.82. The molecule has 0 unspecified atom stereocenters. The molecule has 0 saturated carbocycles. The van der Waals surface area contributed by atoms with Gasteiger partial charge in [-0.1, -0.05) is 111 Å². The first-order chi connectivity index (χ1) is 23.1. The minimum atomic E-state index is -0.0672. The van der Waals surface area contributed by atoms with Gasteiger partial charge < -0.3 is 9.13 Å². The SMILES string of the molecule is CC1(C)c2ccccc2-c2cc3c4ccccc4n(-c4ccc5c(c4)c4cc(-c6ccccc6)ccc4n5-c4ccccc4)c3cc21. The maximum atomic E-state index is 2.48. The number of hydrogen-bond donors (Lipinski definition) is 0. The van der Waals surface area contributed by atoms with Crippen molar-refractivity contribution in [1.82, 2.24) is 9.13 Å². The van der Waals surface area contributed by atoms with Crippen LogP contribution in [0.4, 0.5) is 0 Å². The van der Waals surface area contributed by atoms with Crippen molar-refractivity contribution in [2.45, 2.75) is 19.3 Å². The van der Waals surface area contributed by atoms with E-state index in [9.17, 15) is 0 Å². The van der Waals surface area contributed by atoms with E-state index in [2.05, 4.69) is 181 Å². The van der Waals surface area contributed by atoms with Crippen LogP contribution in [0.25, 0.3) is 77.2 Å². The highest BCUT2D eigenvalue weighted by Gasteiger charge is 2.36. The van der Waals surface area contributed by atoms with Crippen LogP contribution in [-0.4, -0.2) is 9.13 Å². The lowest BCUT2D eigenvalue weighted by Gasteiger charge is -2.21. The van der Waals surface area contributed by atoms with Crippen LogP contribution in [0, 0.1) is 0 Å². The number of fused-ring (bicyclic) bond motifs is 9. The van der Waals surface area contributed by atoms with Crippen LogP contribution in [0.5, 0.6) is 0 Å². The third-order valence-corrected chi connectivity index (χ3v) is 10.5. The average Bonchev–Trinajstić information content (AvgIpc) is 3.71. The van der Waals surface area contributed by atoms with Crippen molar-refractivity contribution in [1.29, 1.82) is 0 Å². The van der Waals surface area contributed by atoms with Crippen LogP contribution in [0.1, 0.15) is 25.0 Å². The highest BCUT2D eigenvalue weighted by atomic mass is 15.0. The zero-order valence-corrected chi connectivity index (χ0v) is 26.4. The normalized spacial score (nSPS) is 13.5. The highest BCUT2D eigenvalue weighted by Crippen LogP contribution is 2.51. The Morgan fingerprint density at radius 1 is 0.362 bits per heavy atom. The second kappa shape index (κ2) is 9.57. The van der Waals surface area contributed by atoms with Crippen molar-refractivity contribution in [3.05, 3.63) is 169 Å². The van der Waals surface area contributed by atoms with Crippen molar-refractivity contribution in [3.8, 4) is 33.6 Å². The predicted molar refractivity (Wildman–Crippen MR) is 198 cm³/mol. The largest absolute Gasteiger partial charge is 0.309 e. The van der Waals surface area contributed by atoms with Gasteiger partial charge in [-0.3, -0.25) is 0 Å². The molecule has 2 nitrogen and oxygen atoms in total. The smallest absolute Gasteiger partial charge is 0.0544 e. The Bertz CT molecular complexity index is 2690. The molecule has 0 amide bonds. The van der Waals surface area contributed by atoms with Gasteiger partial charge in [0, 0.05) is 38.3 Å². The van der Waals surface area contributed by atoms with Crippen LogP contribution in [0.2, 0.25) is 0 Å². The number of hydrogen-bond acceptors (Lipinski definition) is 0. The van der Waals surface area contributed by atoms with Gasteiger partial charge in [-0.05, 0) is 94.0 Å². The van der Waals surface area contributed by atoms with Gasteiger partial charge in [-0.2, -0.15) is 0 Å². The Kier molecular flexibility index (Phi) is 5.37. The molecule has 10 rings (SSSR count). The van der Waals surface area contributed by atoms with Crippen LogP contribution >= 0.6 is 0 Å². The third-order valence-electron chi connectivity index (χ3n) is 10.5. The van der Waals surface area contributed by atoms with E-state index in [1.807, 2.05) is 0 Å². The summed E-state index contributed by atoms with van der Waals surface area (Å²) in [6.07, 6.45) is 0. The lowest BCUT2D eigenvalue weighted by Crippen LogP contribution is -2.14. The number of para-hydroxylation sites is 2. The van der Waals surface area contributed by atoms with Crippen molar-refractivity contribution in [2.24, 2.45) is 0 Å². The number of nitrogens with zero attached hydrogens (tertiary/aromatic N) is 2. The lowest BCUT2D eigenvalue weighted by molar-refractivity contribution is 0.661. The summed E-state index contributed by atoms with van der Waals surface area (Å²) in [6.45, 7) is 4.73. The molecular formula is C45H32N2. The molecule has 0 saturated heterocycles. The monoisotopic (exact) mass is 600 g/mol. The molecule has 7 aromatic carbocycles. The summed E-state index contributed by atoms with van der Waals surface area (Å²) in [5.74, 6) is 0. The predicted octanol–water partition coefficient (Wildman–Crippen LogP) is 11.9. The van der Waals surface area contributed by atoms with E-state index >= 15 is 0 Å². The summed E-state index contributed by atoms with van der Waals surface area (Å²) < 4.78 is 4.89. The average molecular weight is 601 g/mol. The fourth-order valence-electron chi connectivity index (χ4n) is 8.26. The minimum absolute atomic E-state index is 0.0672. The Morgan fingerprint density at radius 3 is 1.81 bits per heavy atom. The van der Waals surface area contributed by atoms with E-state index < -0.39 is 0 Å². The minimum Gasteiger partial charge on any atom is -0.309 e. The molecule has 0 atom stereocenters. The molecule has 2 heterocycles. The fourth-order valence-corrected chi connectivity index (χ4v) is 8.26. The first kappa shape index (κ1) is 26.4. The Balaban J connectivity index is 1.28. The van der Waals surface area contributed by atoms with Crippen molar-refractivity contribution in [2.75, 3.05) is 0 Å². The first-order valence-electron chi connectivity index (χ1n) is 16.4. The van der Waals surface area contributed by atoms with Gasteiger partial charge in [-0.25, -0.2) is 0 Å². The quantitative estimate of drug-likeness (QED) is 0.191. The van der Waals surface area contributed by atoms with E-state index in [-0.39, 0.29) is 5.41 Å². The Morgan fingerprint density at radius 2 is 0.979 bits per heavy atom. The summed E-state index contributed by atoms with van der Waals surface area (Å²) in [6, 6.07) is 58.1. The fraction of sp³-hybridized carbons (Fsp3) is 0.0667. The van der Waals surface area contributed by atoms with Gasteiger partial charge in [-0.15, -0.1) is 0 Å². The van der Waals surface area contributed by atoms with Gasteiger partial charge in [0.2, 0.25) is 0 Å². The van der Waals surface area contributed by atoms with Crippen LogP contribution < -0.4 is 0 Å². The molecule has 47 heavy (non-hydrogen) atoms.